The predicted octanol–water partition coefficient (Wildman–Crippen LogP) is 5.64. The molecule has 0 bridgehead atoms. The van der Waals surface area contributed by atoms with Crippen molar-refractivity contribution in [1.82, 2.24) is 4.90 Å². The summed E-state index contributed by atoms with van der Waals surface area (Å²) in [4.78, 5) is 40.6. The second-order valence-corrected chi connectivity index (χ2v) is 10.5. The maximum Gasteiger partial charge on any atom is 0.418 e. The highest BCUT2D eigenvalue weighted by molar-refractivity contribution is 6.38. The van der Waals surface area contributed by atoms with Crippen molar-refractivity contribution in [1.29, 1.82) is 0 Å². The van der Waals surface area contributed by atoms with Gasteiger partial charge in [0.05, 0.1) is 40.8 Å². The first-order chi connectivity index (χ1) is 18.0. The normalized spacial score (nSPS) is 23.3. The number of benzene rings is 2. The Bertz CT molecular complexity index is 1360. The number of alkyl halides is 5. The van der Waals surface area contributed by atoms with Gasteiger partial charge in [0.1, 0.15) is 5.54 Å². The number of hydrogen-bond acceptors (Lipinski definition) is 4. The van der Waals surface area contributed by atoms with E-state index in [0.717, 1.165) is 35.0 Å². The molecule has 0 saturated carbocycles. The van der Waals surface area contributed by atoms with Crippen LogP contribution in [0.2, 0.25) is 10.0 Å². The first-order valence-corrected chi connectivity index (χ1v) is 12.4. The molecule has 3 atom stereocenters. The highest BCUT2D eigenvalue weighted by Crippen LogP contribution is 2.52. The fourth-order valence-electron chi connectivity index (χ4n) is 5.45. The minimum Gasteiger partial charge on any atom is -0.481 e. The molecule has 7 nitrogen and oxygen atoms in total. The van der Waals surface area contributed by atoms with Gasteiger partial charge in [-0.25, -0.2) is 8.78 Å². The van der Waals surface area contributed by atoms with E-state index in [0.29, 0.717) is 0 Å². The molecule has 210 valence electrons. The van der Waals surface area contributed by atoms with Crippen molar-refractivity contribution in [2.45, 2.75) is 43.4 Å². The summed E-state index contributed by atoms with van der Waals surface area (Å²) in [6, 6.07) is 5.39. The number of para-hydroxylation sites is 1. The summed E-state index contributed by atoms with van der Waals surface area (Å²) < 4.78 is 70.8. The van der Waals surface area contributed by atoms with Crippen LogP contribution in [0.5, 0.6) is 0 Å². The van der Waals surface area contributed by atoms with Gasteiger partial charge in [-0.1, -0.05) is 42.3 Å². The molecule has 0 aromatic heterocycles. The van der Waals surface area contributed by atoms with E-state index in [1.54, 1.807) is 0 Å². The van der Waals surface area contributed by atoms with Gasteiger partial charge in [0.15, 0.2) is 0 Å². The minimum absolute atomic E-state index is 0.00325. The number of carboxylic acids is 1. The van der Waals surface area contributed by atoms with Crippen LogP contribution in [0, 0.1) is 5.92 Å². The Labute approximate surface area is 229 Å². The summed E-state index contributed by atoms with van der Waals surface area (Å²) in [6.07, 6.45) is -6.72. The number of aliphatic carboxylic acids is 1. The third kappa shape index (κ3) is 5.05. The number of halogens is 7. The highest BCUT2D eigenvalue weighted by Gasteiger charge is 2.62. The van der Waals surface area contributed by atoms with Crippen molar-refractivity contribution in [3.05, 3.63) is 57.6 Å². The van der Waals surface area contributed by atoms with Gasteiger partial charge < -0.3 is 15.3 Å². The van der Waals surface area contributed by atoms with Gasteiger partial charge >= 0.3 is 12.1 Å². The van der Waals surface area contributed by atoms with E-state index < -0.39 is 78.0 Å². The van der Waals surface area contributed by atoms with Crippen molar-refractivity contribution >= 4 is 52.4 Å². The van der Waals surface area contributed by atoms with Gasteiger partial charge in [-0.3, -0.25) is 19.3 Å². The number of carboxylic acid groups (broad SMARTS) is 1. The molecule has 0 spiro atoms. The molecule has 0 radical (unpaired) electrons. The molecule has 0 unspecified atom stereocenters. The lowest BCUT2D eigenvalue weighted by Crippen LogP contribution is -2.57. The van der Waals surface area contributed by atoms with E-state index in [4.69, 9.17) is 23.2 Å². The lowest BCUT2D eigenvalue weighted by Gasteiger charge is -2.41. The molecule has 1 saturated heterocycles. The van der Waals surface area contributed by atoms with Crippen LogP contribution >= 0.6 is 23.2 Å². The number of carbonyl (C=O) groups is 3. The van der Waals surface area contributed by atoms with Crippen LogP contribution in [-0.4, -0.2) is 53.3 Å². The molecule has 2 aromatic rings. The van der Waals surface area contributed by atoms with E-state index in [1.165, 1.54) is 25.1 Å². The second-order valence-electron chi connectivity index (χ2n) is 9.65. The van der Waals surface area contributed by atoms with E-state index in [-0.39, 0.29) is 21.3 Å². The monoisotopic (exact) mass is 593 g/mol. The van der Waals surface area contributed by atoms with Gasteiger partial charge in [0, 0.05) is 30.1 Å². The molecule has 2 N–H and O–H groups in total. The number of nitrogens with one attached hydrogen (secondary N) is 1. The van der Waals surface area contributed by atoms with Crippen LogP contribution in [0.1, 0.15) is 30.9 Å². The van der Waals surface area contributed by atoms with Crippen LogP contribution < -0.4 is 10.2 Å². The van der Waals surface area contributed by atoms with Gasteiger partial charge in [-0.2, -0.15) is 13.2 Å². The molecule has 2 amide bonds. The Morgan fingerprint density at radius 1 is 1.23 bits per heavy atom. The third-order valence-electron chi connectivity index (χ3n) is 7.19. The molecule has 2 aliphatic rings. The molecule has 14 heteroatoms. The zero-order valence-corrected chi connectivity index (χ0v) is 22.0. The average molecular weight is 594 g/mol. The number of likely N-dealkylation sites (tertiary alicyclic amines) is 1. The first kappa shape index (κ1) is 29.0. The number of nitrogens with zero attached hydrogens (tertiary/aromatic N) is 2. The van der Waals surface area contributed by atoms with Gasteiger partial charge in [0.25, 0.3) is 5.92 Å². The average Bonchev–Trinajstić information content (AvgIpc) is 3.31. The molecule has 0 aliphatic carbocycles. The van der Waals surface area contributed by atoms with E-state index in [2.05, 4.69) is 5.32 Å². The molecular weight excluding hydrogens is 572 g/mol. The standard InChI is InChI=1S/C25H22Cl2F5N3O4/c1-12(21(38)34(2)17-6-4-3-5-14(17)25(30,31)32)18-9-23(28,29)11-35(18)24(10-19(36)37)15-7-13(26)8-16(27)20(15)33-22(24)39/h3-8,12,18H,9-11H2,1-2H3,(H,33,39)(H,36,37)/t12-,18-,24-/m1/s1. The summed E-state index contributed by atoms with van der Waals surface area (Å²) in [5, 5.41) is 12.2. The molecular formula is C25H22Cl2F5N3O4. The van der Waals surface area contributed by atoms with Crippen LogP contribution in [0.4, 0.5) is 33.3 Å². The summed E-state index contributed by atoms with van der Waals surface area (Å²) in [7, 11) is 1.09. The molecule has 2 aliphatic heterocycles. The number of anilines is 2. The lowest BCUT2D eigenvalue weighted by atomic mass is 9.83. The van der Waals surface area contributed by atoms with Gasteiger partial charge in [-0.15, -0.1) is 0 Å². The molecule has 2 heterocycles. The van der Waals surface area contributed by atoms with Gasteiger partial charge in [-0.05, 0) is 24.3 Å². The molecule has 2 aromatic carbocycles. The smallest absolute Gasteiger partial charge is 0.418 e. The number of hydrogen-bond donors (Lipinski definition) is 2. The SMILES string of the molecule is C[C@@H](C(=O)N(C)c1ccccc1C(F)(F)F)[C@H]1CC(F)(F)CN1[C@@]1(CC(=O)O)C(=O)Nc2c(Cl)cc(Cl)cc21. The fraction of sp³-hybridized carbons (Fsp3) is 0.400. The molecule has 4 rings (SSSR count). The highest BCUT2D eigenvalue weighted by atomic mass is 35.5. The largest absolute Gasteiger partial charge is 0.481 e. The zero-order chi connectivity index (χ0) is 29.1. The first-order valence-electron chi connectivity index (χ1n) is 11.6. The van der Waals surface area contributed by atoms with Crippen LogP contribution in [0.25, 0.3) is 0 Å². The summed E-state index contributed by atoms with van der Waals surface area (Å²) >= 11 is 12.3. The Balaban J connectivity index is 1.81. The summed E-state index contributed by atoms with van der Waals surface area (Å²) in [5.41, 5.74) is -3.86. The van der Waals surface area contributed by atoms with Crippen molar-refractivity contribution in [3.63, 3.8) is 0 Å². The number of rotatable bonds is 6. The zero-order valence-electron chi connectivity index (χ0n) is 20.5. The topological polar surface area (TPSA) is 90.0 Å². The van der Waals surface area contributed by atoms with Crippen molar-refractivity contribution in [2.75, 3.05) is 23.8 Å². The Kier molecular flexibility index (Phi) is 7.37. The maximum absolute atomic E-state index is 15.0. The minimum atomic E-state index is -4.80. The fourth-order valence-corrected chi connectivity index (χ4v) is 5.99. The van der Waals surface area contributed by atoms with Gasteiger partial charge in [0.2, 0.25) is 11.8 Å². The van der Waals surface area contributed by atoms with Crippen LogP contribution in [0.15, 0.2) is 36.4 Å². The summed E-state index contributed by atoms with van der Waals surface area (Å²) in [5.74, 6) is -8.24. The van der Waals surface area contributed by atoms with Crippen LogP contribution in [0.3, 0.4) is 0 Å². The second kappa shape index (κ2) is 9.90. The lowest BCUT2D eigenvalue weighted by molar-refractivity contribution is -0.147. The van der Waals surface area contributed by atoms with Crippen molar-refractivity contribution in [2.24, 2.45) is 5.92 Å². The van der Waals surface area contributed by atoms with E-state index in [1.807, 2.05) is 0 Å². The Hall–Kier alpha value is -2.96. The number of amides is 2. The van der Waals surface area contributed by atoms with Crippen molar-refractivity contribution < 1.29 is 41.4 Å². The number of carbonyl (C=O) groups excluding carboxylic acids is 2. The molecule has 39 heavy (non-hydrogen) atoms. The quantitative estimate of drug-likeness (QED) is 0.423. The predicted molar refractivity (Wildman–Crippen MR) is 133 cm³/mol. The van der Waals surface area contributed by atoms with Crippen molar-refractivity contribution in [3.8, 4) is 0 Å². The van der Waals surface area contributed by atoms with E-state index >= 15 is 0 Å². The Morgan fingerprint density at radius 2 is 1.87 bits per heavy atom. The third-order valence-corrected chi connectivity index (χ3v) is 7.71. The summed E-state index contributed by atoms with van der Waals surface area (Å²) in [6.45, 7) is 0.156. The molecule has 1 fully saturated rings. The maximum atomic E-state index is 15.0. The number of fused-ring (bicyclic) bond motifs is 1. The van der Waals surface area contributed by atoms with E-state index in [9.17, 15) is 41.4 Å². The van der Waals surface area contributed by atoms with Crippen LogP contribution in [-0.2, 0) is 26.1 Å². The Morgan fingerprint density at radius 3 is 2.49 bits per heavy atom.